The molecule has 168 valence electrons. The molecule has 1 saturated carbocycles. The van der Waals surface area contributed by atoms with Gasteiger partial charge in [-0.05, 0) is 49.8 Å². The van der Waals surface area contributed by atoms with E-state index >= 15 is 0 Å². The average molecular weight is 437 g/mol. The lowest BCUT2D eigenvalue weighted by atomic mass is 10.0. The van der Waals surface area contributed by atoms with Crippen LogP contribution in [0.25, 0.3) is 0 Å². The number of rotatable bonds is 6. The maximum absolute atomic E-state index is 13.2. The van der Waals surface area contributed by atoms with Gasteiger partial charge in [0.2, 0.25) is 17.7 Å². The molecule has 4 N–H and O–H groups in total. The fourth-order valence-electron chi connectivity index (χ4n) is 5.92. The lowest BCUT2D eigenvalue weighted by Crippen LogP contribution is -2.57. The number of piperazine rings is 1. The van der Waals surface area contributed by atoms with Crippen LogP contribution in [0.15, 0.2) is 24.3 Å². The number of benzene rings is 1. The van der Waals surface area contributed by atoms with Gasteiger partial charge in [0.05, 0.1) is 24.2 Å². The molecule has 0 spiro atoms. The number of nitrogens with zero attached hydrogens (tertiary/aromatic N) is 4. The Kier molecular flexibility index (Phi) is 4.95. The van der Waals surface area contributed by atoms with Gasteiger partial charge in [0.1, 0.15) is 6.04 Å². The van der Waals surface area contributed by atoms with Gasteiger partial charge < -0.3 is 21.3 Å². The van der Waals surface area contributed by atoms with Gasteiger partial charge >= 0.3 is 0 Å². The lowest BCUT2D eigenvalue weighted by Gasteiger charge is -2.38. The first kappa shape index (κ1) is 20.9. The highest BCUT2D eigenvalue weighted by molar-refractivity contribution is 5.93. The molecule has 3 saturated heterocycles. The summed E-state index contributed by atoms with van der Waals surface area (Å²) >= 11 is 0. The number of piperidine rings is 1. The maximum atomic E-state index is 13.2. The van der Waals surface area contributed by atoms with Crippen molar-refractivity contribution in [1.29, 1.82) is 5.26 Å². The van der Waals surface area contributed by atoms with Crippen molar-refractivity contribution in [2.45, 2.75) is 62.4 Å². The van der Waals surface area contributed by atoms with Gasteiger partial charge in [0.25, 0.3) is 0 Å². The highest BCUT2D eigenvalue weighted by atomic mass is 16.2. The Morgan fingerprint density at radius 3 is 2.75 bits per heavy atom. The Bertz CT molecular complexity index is 1020. The second-order valence-corrected chi connectivity index (χ2v) is 9.57. The molecule has 3 heterocycles. The Hall–Kier alpha value is -2.96. The number of primary amides is 1. The molecule has 0 radical (unpaired) electrons. The second kappa shape index (κ2) is 7.57. The molecule has 32 heavy (non-hydrogen) atoms. The predicted molar refractivity (Wildman–Crippen MR) is 115 cm³/mol. The predicted octanol–water partition coefficient (Wildman–Crippen LogP) is -0.0281. The Labute approximate surface area is 186 Å². The van der Waals surface area contributed by atoms with Gasteiger partial charge in [-0.15, -0.1) is 0 Å². The van der Waals surface area contributed by atoms with Crippen LogP contribution in [-0.2, 0) is 9.59 Å². The van der Waals surface area contributed by atoms with Gasteiger partial charge in [-0.25, -0.2) is 0 Å². The second-order valence-electron chi connectivity index (χ2n) is 9.57. The molecular formula is C23H28N6O3. The molecule has 9 heteroatoms. The number of hydrogen-bond acceptors (Lipinski definition) is 6. The van der Waals surface area contributed by atoms with Crippen molar-refractivity contribution < 1.29 is 14.4 Å². The minimum absolute atomic E-state index is 0.0243. The van der Waals surface area contributed by atoms with Gasteiger partial charge in [-0.3, -0.25) is 19.3 Å². The van der Waals surface area contributed by atoms with E-state index in [9.17, 15) is 19.6 Å². The zero-order chi connectivity index (χ0) is 22.7. The zero-order valence-electron chi connectivity index (χ0n) is 18.1. The fraction of sp³-hybridized carbons (Fsp3) is 0.565. The number of carbonyl (C=O) groups is 3. The standard InChI is InChI=1S/C23H28N6O3/c1-12(13-3-2-4-14(5-13)21(26)30)28-17-8-20(23(28)32)27(10-17)11-18(25)22(31)29-16(9-24)6-15-7-19(15)29/h2-5,12,15-20H,6-8,10-11,25H2,1H3,(H2,26,30)/t12-,15+,16-,17?,18-,19-,20+/m0/s1. The minimum atomic E-state index is -0.740. The third-order valence-corrected chi connectivity index (χ3v) is 7.64. The smallest absolute Gasteiger partial charge is 0.248 e. The van der Waals surface area contributed by atoms with E-state index in [1.807, 2.05) is 22.8 Å². The first-order valence-corrected chi connectivity index (χ1v) is 11.2. The molecule has 1 aliphatic carbocycles. The van der Waals surface area contributed by atoms with E-state index in [1.54, 1.807) is 23.1 Å². The molecule has 0 aromatic heterocycles. The van der Waals surface area contributed by atoms with Crippen molar-refractivity contribution >= 4 is 17.7 Å². The van der Waals surface area contributed by atoms with Gasteiger partial charge in [-0.1, -0.05) is 12.1 Å². The van der Waals surface area contributed by atoms with E-state index in [1.165, 1.54) is 0 Å². The summed E-state index contributed by atoms with van der Waals surface area (Å²) in [5.41, 5.74) is 13.0. The van der Waals surface area contributed by atoms with Crippen LogP contribution >= 0.6 is 0 Å². The Morgan fingerprint density at radius 2 is 2.06 bits per heavy atom. The van der Waals surface area contributed by atoms with E-state index in [-0.39, 0.29) is 42.0 Å². The van der Waals surface area contributed by atoms with E-state index in [4.69, 9.17) is 11.5 Å². The molecule has 1 aromatic carbocycles. The van der Waals surface area contributed by atoms with Crippen LogP contribution in [-0.4, -0.2) is 75.7 Å². The van der Waals surface area contributed by atoms with E-state index in [0.29, 0.717) is 31.0 Å². The fourth-order valence-corrected chi connectivity index (χ4v) is 5.92. The topological polar surface area (TPSA) is 137 Å². The summed E-state index contributed by atoms with van der Waals surface area (Å²) in [6.45, 7) is 2.93. The maximum Gasteiger partial charge on any atom is 0.248 e. The molecule has 9 nitrogen and oxygen atoms in total. The number of fused-ring (bicyclic) bond motifs is 3. The largest absolute Gasteiger partial charge is 0.366 e. The molecular weight excluding hydrogens is 408 g/mol. The number of likely N-dealkylation sites (tertiary alicyclic amines) is 3. The molecule has 3 amide bonds. The third kappa shape index (κ3) is 3.26. The van der Waals surface area contributed by atoms with Crippen LogP contribution in [0.2, 0.25) is 0 Å². The van der Waals surface area contributed by atoms with Crippen molar-refractivity contribution in [1.82, 2.24) is 14.7 Å². The molecule has 7 atom stereocenters. The first-order chi connectivity index (χ1) is 15.3. The first-order valence-electron chi connectivity index (χ1n) is 11.2. The summed E-state index contributed by atoms with van der Waals surface area (Å²) in [7, 11) is 0. The molecule has 1 aromatic rings. The summed E-state index contributed by atoms with van der Waals surface area (Å²) < 4.78 is 0. The van der Waals surface area contributed by atoms with E-state index < -0.39 is 11.9 Å². The van der Waals surface area contributed by atoms with Crippen molar-refractivity contribution in [2.75, 3.05) is 13.1 Å². The third-order valence-electron chi connectivity index (χ3n) is 7.64. The number of hydrogen-bond donors (Lipinski definition) is 2. The van der Waals surface area contributed by atoms with Crippen LogP contribution in [0.5, 0.6) is 0 Å². The Morgan fingerprint density at radius 1 is 1.28 bits per heavy atom. The molecule has 2 bridgehead atoms. The van der Waals surface area contributed by atoms with Crippen LogP contribution in [0, 0.1) is 17.2 Å². The summed E-state index contributed by atoms with van der Waals surface area (Å²) in [4.78, 5) is 43.3. The van der Waals surface area contributed by atoms with Crippen LogP contribution in [0.4, 0.5) is 0 Å². The zero-order valence-corrected chi connectivity index (χ0v) is 18.1. The molecule has 1 unspecified atom stereocenters. The highest BCUT2D eigenvalue weighted by Crippen LogP contribution is 2.48. The van der Waals surface area contributed by atoms with Crippen LogP contribution in [0.3, 0.4) is 0 Å². The number of amides is 3. The highest BCUT2D eigenvalue weighted by Gasteiger charge is 2.56. The van der Waals surface area contributed by atoms with Crippen LogP contribution < -0.4 is 11.5 Å². The normalized spacial score (nSPS) is 32.5. The molecule has 4 fully saturated rings. The van der Waals surface area contributed by atoms with Crippen molar-refractivity contribution in [3.8, 4) is 6.07 Å². The van der Waals surface area contributed by atoms with Crippen molar-refractivity contribution in [3.05, 3.63) is 35.4 Å². The van der Waals surface area contributed by atoms with Gasteiger partial charge in [0, 0.05) is 30.7 Å². The van der Waals surface area contributed by atoms with Gasteiger partial charge in [0.15, 0.2) is 0 Å². The van der Waals surface area contributed by atoms with Crippen molar-refractivity contribution in [2.24, 2.45) is 17.4 Å². The minimum Gasteiger partial charge on any atom is -0.366 e. The number of nitriles is 1. The summed E-state index contributed by atoms with van der Waals surface area (Å²) in [5.74, 6) is -0.197. The molecule has 3 aliphatic heterocycles. The molecule has 5 rings (SSSR count). The average Bonchev–Trinajstić information content (AvgIpc) is 3.11. The van der Waals surface area contributed by atoms with E-state index in [2.05, 4.69) is 6.07 Å². The SMILES string of the molecule is C[C@@H](c1cccc(C(N)=O)c1)N1C(=O)[C@H]2CC1CN2C[C@H](N)C(=O)N1[C@H](C#N)C[C@@H]2C[C@@H]21. The van der Waals surface area contributed by atoms with E-state index in [0.717, 1.165) is 18.4 Å². The quantitative estimate of drug-likeness (QED) is 0.643. The number of nitrogens with two attached hydrogens (primary N) is 2. The molecule has 4 aliphatic rings. The lowest BCUT2D eigenvalue weighted by molar-refractivity contribution is -0.141. The number of carbonyl (C=O) groups excluding carboxylic acids is 3. The Balaban J connectivity index is 1.24. The van der Waals surface area contributed by atoms with Crippen LogP contribution in [0.1, 0.15) is 48.1 Å². The summed E-state index contributed by atoms with van der Waals surface area (Å²) in [6, 6.07) is 7.93. The van der Waals surface area contributed by atoms with Gasteiger partial charge in [-0.2, -0.15) is 5.26 Å². The van der Waals surface area contributed by atoms with Crippen molar-refractivity contribution in [3.63, 3.8) is 0 Å². The summed E-state index contributed by atoms with van der Waals surface area (Å²) in [5, 5.41) is 9.36. The summed E-state index contributed by atoms with van der Waals surface area (Å²) in [6.07, 6.45) is 2.42. The monoisotopic (exact) mass is 436 g/mol.